The number of rotatable bonds is 7. The van der Waals surface area contributed by atoms with Crippen molar-refractivity contribution in [3.8, 4) is 11.5 Å². The van der Waals surface area contributed by atoms with E-state index < -0.39 is 0 Å². The third kappa shape index (κ3) is 4.30. The molecule has 0 unspecified atom stereocenters. The number of phenolic OH excluding ortho intramolecular Hbond substituents is 2. The van der Waals surface area contributed by atoms with Gasteiger partial charge in [0.15, 0.2) is 0 Å². The number of hydrogen-bond acceptors (Lipinski definition) is 3. The summed E-state index contributed by atoms with van der Waals surface area (Å²) in [5.74, 6) is 1.45. The van der Waals surface area contributed by atoms with Crippen molar-refractivity contribution >= 4 is 0 Å². The summed E-state index contributed by atoms with van der Waals surface area (Å²) in [6, 6.07) is 13.6. The first-order valence-electron chi connectivity index (χ1n) is 8.71. The molecule has 0 fully saturated rings. The smallest absolute Gasteiger partial charge is 0.120 e. The number of benzene rings is 2. The van der Waals surface area contributed by atoms with Gasteiger partial charge in [-0.1, -0.05) is 38.1 Å². The van der Waals surface area contributed by atoms with Gasteiger partial charge in [-0.05, 0) is 68.1 Å². The Labute approximate surface area is 145 Å². The fraction of sp³-hybridized carbons (Fsp3) is 0.429. The minimum absolute atomic E-state index is 0.305. The van der Waals surface area contributed by atoms with Crippen LogP contribution in [0.15, 0.2) is 42.5 Å². The van der Waals surface area contributed by atoms with E-state index in [1.807, 2.05) is 38.4 Å². The highest BCUT2D eigenvalue weighted by atomic mass is 16.3. The van der Waals surface area contributed by atoms with Crippen LogP contribution in [0, 0.1) is 0 Å². The minimum atomic E-state index is 0.305. The average molecular weight is 327 g/mol. The van der Waals surface area contributed by atoms with Crippen LogP contribution in [0.4, 0.5) is 0 Å². The topological polar surface area (TPSA) is 43.7 Å². The Morgan fingerprint density at radius 1 is 0.833 bits per heavy atom. The molecular formula is C21H29NO2. The normalized spacial score (nSPS) is 13.9. The van der Waals surface area contributed by atoms with Crippen LogP contribution in [0.5, 0.6) is 11.5 Å². The highest BCUT2D eigenvalue weighted by Crippen LogP contribution is 2.39. The molecule has 0 saturated carbocycles. The van der Waals surface area contributed by atoms with E-state index in [-0.39, 0.29) is 0 Å². The maximum Gasteiger partial charge on any atom is 0.120 e. The highest BCUT2D eigenvalue weighted by Gasteiger charge is 2.23. The van der Waals surface area contributed by atoms with Gasteiger partial charge in [0.1, 0.15) is 11.5 Å². The second-order valence-corrected chi connectivity index (χ2v) is 6.75. The fourth-order valence-corrected chi connectivity index (χ4v) is 3.53. The average Bonchev–Trinajstić information content (AvgIpc) is 2.55. The molecule has 3 nitrogen and oxygen atoms in total. The first kappa shape index (κ1) is 18.3. The molecule has 0 amide bonds. The molecule has 2 aromatic rings. The van der Waals surface area contributed by atoms with Gasteiger partial charge in [0.05, 0.1) is 0 Å². The molecule has 0 aliphatic rings. The van der Waals surface area contributed by atoms with Gasteiger partial charge in [-0.3, -0.25) is 0 Å². The number of aromatic hydroxyl groups is 2. The molecular weight excluding hydrogens is 298 g/mol. The summed E-state index contributed by atoms with van der Waals surface area (Å²) in [6.07, 6.45) is 2.07. The Morgan fingerprint density at radius 2 is 1.38 bits per heavy atom. The van der Waals surface area contributed by atoms with E-state index in [4.69, 9.17) is 0 Å². The van der Waals surface area contributed by atoms with Crippen LogP contribution in [0.25, 0.3) is 0 Å². The maximum atomic E-state index is 10.1. The lowest BCUT2D eigenvalue weighted by Gasteiger charge is -2.27. The highest BCUT2D eigenvalue weighted by molar-refractivity contribution is 5.39. The van der Waals surface area contributed by atoms with Crippen molar-refractivity contribution in [2.45, 2.75) is 45.1 Å². The third-order valence-electron chi connectivity index (χ3n) is 4.70. The van der Waals surface area contributed by atoms with E-state index in [1.54, 1.807) is 12.1 Å². The Balaban J connectivity index is 2.36. The van der Waals surface area contributed by atoms with Gasteiger partial charge >= 0.3 is 0 Å². The standard InChI is InChI=1S/C21H29NO2/c1-5-19(15-7-10-18(23)11-8-15)20(6-2)16-9-12-21(24)17(13-16)14-22(3)4/h7-13,19-20,23-24H,5-6,14H2,1-4H3/t19-,20-/m1/s1. The van der Waals surface area contributed by atoms with Crippen molar-refractivity contribution in [2.24, 2.45) is 0 Å². The van der Waals surface area contributed by atoms with Crippen LogP contribution in [0.1, 0.15) is 55.2 Å². The fourth-order valence-electron chi connectivity index (χ4n) is 3.53. The maximum absolute atomic E-state index is 10.1. The molecule has 2 aromatic carbocycles. The summed E-state index contributed by atoms with van der Waals surface area (Å²) < 4.78 is 0. The van der Waals surface area contributed by atoms with Crippen molar-refractivity contribution in [2.75, 3.05) is 14.1 Å². The van der Waals surface area contributed by atoms with Crippen LogP contribution in [-0.4, -0.2) is 29.2 Å². The molecule has 130 valence electrons. The van der Waals surface area contributed by atoms with Crippen molar-refractivity contribution in [3.63, 3.8) is 0 Å². The van der Waals surface area contributed by atoms with Gasteiger partial charge in [0.25, 0.3) is 0 Å². The van der Waals surface area contributed by atoms with Crippen molar-refractivity contribution < 1.29 is 10.2 Å². The number of hydrogen-bond donors (Lipinski definition) is 2. The molecule has 2 N–H and O–H groups in total. The van der Waals surface area contributed by atoms with Crippen LogP contribution in [0.2, 0.25) is 0 Å². The summed E-state index contributed by atoms with van der Waals surface area (Å²) in [5, 5.41) is 19.7. The molecule has 3 heteroatoms. The molecule has 0 bridgehead atoms. The molecule has 0 saturated heterocycles. The summed E-state index contributed by atoms with van der Waals surface area (Å²) in [4.78, 5) is 2.07. The van der Waals surface area contributed by atoms with Crippen LogP contribution in [-0.2, 0) is 6.54 Å². The molecule has 0 aromatic heterocycles. The molecule has 0 heterocycles. The zero-order valence-electron chi connectivity index (χ0n) is 15.2. The monoisotopic (exact) mass is 327 g/mol. The number of nitrogens with zero attached hydrogens (tertiary/aromatic N) is 1. The molecule has 2 atom stereocenters. The van der Waals surface area contributed by atoms with E-state index in [2.05, 4.69) is 24.8 Å². The third-order valence-corrected chi connectivity index (χ3v) is 4.70. The van der Waals surface area contributed by atoms with Gasteiger partial charge < -0.3 is 15.1 Å². The van der Waals surface area contributed by atoms with E-state index in [0.29, 0.717) is 23.3 Å². The lowest BCUT2D eigenvalue weighted by Crippen LogP contribution is -2.13. The second-order valence-electron chi connectivity index (χ2n) is 6.75. The first-order chi connectivity index (χ1) is 11.5. The zero-order chi connectivity index (χ0) is 17.7. The van der Waals surface area contributed by atoms with Gasteiger partial charge in [-0.25, -0.2) is 0 Å². The quantitative estimate of drug-likeness (QED) is 0.764. The SMILES string of the molecule is CC[C@H](c1ccc(O)cc1)[C@H](CC)c1ccc(O)c(CN(C)C)c1. The lowest BCUT2D eigenvalue weighted by atomic mass is 9.78. The lowest BCUT2D eigenvalue weighted by molar-refractivity contribution is 0.385. The Bertz CT molecular complexity index is 649. The van der Waals surface area contributed by atoms with E-state index in [0.717, 1.165) is 24.9 Å². The van der Waals surface area contributed by atoms with Gasteiger partial charge in [-0.15, -0.1) is 0 Å². The van der Waals surface area contributed by atoms with Crippen molar-refractivity contribution in [1.29, 1.82) is 0 Å². The summed E-state index contributed by atoms with van der Waals surface area (Å²) in [6.45, 7) is 5.15. The predicted octanol–water partition coefficient (Wildman–Crippen LogP) is 4.85. The Morgan fingerprint density at radius 3 is 1.92 bits per heavy atom. The van der Waals surface area contributed by atoms with E-state index in [9.17, 15) is 10.2 Å². The molecule has 2 rings (SSSR count). The van der Waals surface area contributed by atoms with Crippen LogP contribution in [0.3, 0.4) is 0 Å². The predicted molar refractivity (Wildman–Crippen MR) is 99.7 cm³/mol. The Kier molecular flexibility index (Phi) is 6.27. The largest absolute Gasteiger partial charge is 0.508 e. The van der Waals surface area contributed by atoms with E-state index in [1.165, 1.54) is 11.1 Å². The molecule has 0 radical (unpaired) electrons. The zero-order valence-corrected chi connectivity index (χ0v) is 15.2. The molecule has 0 aliphatic carbocycles. The van der Waals surface area contributed by atoms with Crippen LogP contribution >= 0.6 is 0 Å². The summed E-state index contributed by atoms with van der Waals surface area (Å²) in [5.41, 5.74) is 3.49. The summed E-state index contributed by atoms with van der Waals surface area (Å²) in [7, 11) is 4.02. The van der Waals surface area contributed by atoms with Crippen LogP contribution < -0.4 is 0 Å². The Hall–Kier alpha value is -2.00. The molecule has 0 aliphatic heterocycles. The van der Waals surface area contributed by atoms with Gasteiger partial charge in [0.2, 0.25) is 0 Å². The molecule has 24 heavy (non-hydrogen) atoms. The van der Waals surface area contributed by atoms with E-state index >= 15 is 0 Å². The van der Waals surface area contributed by atoms with Crippen molar-refractivity contribution in [1.82, 2.24) is 4.90 Å². The summed E-state index contributed by atoms with van der Waals surface area (Å²) >= 11 is 0. The van der Waals surface area contributed by atoms with Crippen molar-refractivity contribution in [3.05, 3.63) is 59.2 Å². The number of phenols is 2. The first-order valence-corrected chi connectivity index (χ1v) is 8.71. The van der Waals surface area contributed by atoms with Gasteiger partial charge in [-0.2, -0.15) is 0 Å². The minimum Gasteiger partial charge on any atom is -0.508 e. The molecule has 0 spiro atoms. The second kappa shape index (κ2) is 8.20. The van der Waals surface area contributed by atoms with Gasteiger partial charge in [0, 0.05) is 12.1 Å².